The summed E-state index contributed by atoms with van der Waals surface area (Å²) in [5, 5.41) is 8.26. The van der Waals surface area contributed by atoms with Crippen LogP contribution in [0.2, 0.25) is 0 Å². The number of aromatic nitrogens is 1. The minimum atomic E-state index is -0.533. The van der Waals surface area contributed by atoms with Gasteiger partial charge in [-0.25, -0.2) is 9.37 Å². The van der Waals surface area contributed by atoms with E-state index in [0.717, 1.165) is 22.0 Å². The van der Waals surface area contributed by atoms with Crippen LogP contribution in [0.15, 0.2) is 53.9 Å². The quantitative estimate of drug-likeness (QED) is 0.679. The largest absolute Gasteiger partial charge is 0.352 e. The minimum absolute atomic E-state index is 0.0385. The van der Waals surface area contributed by atoms with Crippen molar-refractivity contribution in [2.45, 2.75) is 13.3 Å². The molecule has 138 valence electrons. The van der Waals surface area contributed by atoms with E-state index >= 15 is 0 Å². The third-order valence-electron chi connectivity index (χ3n) is 3.80. The highest BCUT2D eigenvalue weighted by Crippen LogP contribution is 2.23. The molecular formula is C20H18FN3O2S. The van der Waals surface area contributed by atoms with Crippen molar-refractivity contribution >= 4 is 28.8 Å². The van der Waals surface area contributed by atoms with E-state index in [0.29, 0.717) is 13.0 Å². The van der Waals surface area contributed by atoms with Gasteiger partial charge in [0.25, 0.3) is 5.91 Å². The van der Waals surface area contributed by atoms with Gasteiger partial charge in [-0.3, -0.25) is 9.59 Å². The Bertz CT molecular complexity index is 954. The van der Waals surface area contributed by atoms with E-state index < -0.39 is 11.7 Å². The first-order valence-electron chi connectivity index (χ1n) is 8.38. The van der Waals surface area contributed by atoms with E-state index in [9.17, 15) is 14.0 Å². The van der Waals surface area contributed by atoms with Crippen LogP contribution in [0.5, 0.6) is 0 Å². The van der Waals surface area contributed by atoms with Crippen LogP contribution >= 0.6 is 11.3 Å². The predicted molar refractivity (Wildman–Crippen MR) is 104 cm³/mol. The van der Waals surface area contributed by atoms with E-state index in [-0.39, 0.29) is 11.5 Å². The molecule has 5 nitrogen and oxygen atoms in total. The van der Waals surface area contributed by atoms with Gasteiger partial charge in [-0.1, -0.05) is 24.3 Å². The Balaban J connectivity index is 1.56. The normalized spacial score (nSPS) is 10.4. The maximum atomic E-state index is 13.6. The molecule has 7 heteroatoms. The van der Waals surface area contributed by atoms with Crippen molar-refractivity contribution in [3.8, 4) is 11.3 Å². The fraction of sp³-hybridized carbons (Fsp3) is 0.150. The summed E-state index contributed by atoms with van der Waals surface area (Å²) in [6.07, 6.45) is 0.564. The first-order valence-corrected chi connectivity index (χ1v) is 9.26. The van der Waals surface area contributed by atoms with Crippen molar-refractivity contribution in [1.29, 1.82) is 0 Å². The van der Waals surface area contributed by atoms with E-state index in [1.807, 2.05) is 29.6 Å². The fourth-order valence-corrected chi connectivity index (χ4v) is 3.32. The molecule has 27 heavy (non-hydrogen) atoms. The number of anilines is 1. The lowest BCUT2D eigenvalue weighted by Crippen LogP contribution is -2.26. The number of carbonyl (C=O) groups is 2. The van der Waals surface area contributed by atoms with Crippen LogP contribution in [-0.2, 0) is 11.2 Å². The van der Waals surface area contributed by atoms with Gasteiger partial charge in [-0.2, -0.15) is 0 Å². The van der Waals surface area contributed by atoms with Crippen molar-refractivity contribution in [1.82, 2.24) is 10.3 Å². The fourth-order valence-electron chi connectivity index (χ4n) is 2.51. The second kappa shape index (κ2) is 8.55. The summed E-state index contributed by atoms with van der Waals surface area (Å²) in [6, 6.07) is 13.3. The van der Waals surface area contributed by atoms with Crippen LogP contribution in [0.4, 0.5) is 10.1 Å². The molecule has 0 bridgehead atoms. The number of halogens is 1. The number of thiazole rings is 1. The topological polar surface area (TPSA) is 71.1 Å². The number of benzene rings is 2. The van der Waals surface area contributed by atoms with Crippen LogP contribution in [0.3, 0.4) is 0 Å². The highest BCUT2D eigenvalue weighted by Gasteiger charge is 2.11. The Morgan fingerprint density at radius 3 is 2.56 bits per heavy atom. The monoisotopic (exact) mass is 383 g/mol. The maximum Gasteiger partial charge on any atom is 0.254 e. The summed E-state index contributed by atoms with van der Waals surface area (Å²) >= 11 is 1.50. The van der Waals surface area contributed by atoms with Gasteiger partial charge in [-0.15, -0.1) is 11.3 Å². The Morgan fingerprint density at radius 2 is 1.85 bits per heavy atom. The SMILES string of the molecule is CC(=O)Nc1ccc(-c2csc(CCNC(=O)c3ccccc3F)n2)cc1. The predicted octanol–water partition coefficient (Wildman–Crippen LogP) is 3.88. The molecule has 3 aromatic rings. The number of amides is 2. The third kappa shape index (κ3) is 4.98. The summed E-state index contributed by atoms with van der Waals surface area (Å²) in [6.45, 7) is 1.84. The Hall–Kier alpha value is -3.06. The van der Waals surface area contributed by atoms with Gasteiger partial charge in [0, 0.05) is 36.5 Å². The standard InChI is InChI=1S/C20H18FN3O2S/c1-13(25)23-15-8-6-14(7-9-15)18-12-27-19(24-18)10-11-22-20(26)16-4-2-3-5-17(16)21/h2-9,12H,10-11H2,1H3,(H,22,26)(H,23,25). The number of rotatable bonds is 6. The molecule has 1 heterocycles. The van der Waals surface area contributed by atoms with Crippen LogP contribution in [0, 0.1) is 5.82 Å². The molecule has 0 saturated carbocycles. The van der Waals surface area contributed by atoms with Gasteiger partial charge < -0.3 is 10.6 Å². The zero-order chi connectivity index (χ0) is 19.2. The molecule has 2 aromatic carbocycles. The van der Waals surface area contributed by atoms with Crippen molar-refractivity contribution in [2.24, 2.45) is 0 Å². The highest BCUT2D eigenvalue weighted by atomic mass is 32.1. The third-order valence-corrected chi connectivity index (χ3v) is 4.70. The molecule has 0 aliphatic rings. The molecule has 0 atom stereocenters. The summed E-state index contributed by atoms with van der Waals surface area (Å²) in [5.74, 6) is -1.08. The van der Waals surface area contributed by atoms with Crippen LogP contribution in [0.25, 0.3) is 11.3 Å². The van der Waals surface area contributed by atoms with Gasteiger partial charge in [0.15, 0.2) is 0 Å². The van der Waals surface area contributed by atoms with Crippen LogP contribution in [-0.4, -0.2) is 23.3 Å². The average Bonchev–Trinajstić information content (AvgIpc) is 3.11. The molecule has 0 fully saturated rings. The van der Waals surface area contributed by atoms with E-state index in [1.165, 1.54) is 30.4 Å². The van der Waals surface area contributed by atoms with Crippen molar-refractivity contribution < 1.29 is 14.0 Å². The van der Waals surface area contributed by atoms with Gasteiger partial charge in [0.05, 0.1) is 16.3 Å². The molecule has 0 aliphatic carbocycles. The molecular weight excluding hydrogens is 365 g/mol. The second-order valence-electron chi connectivity index (χ2n) is 5.87. The number of hydrogen-bond donors (Lipinski definition) is 2. The highest BCUT2D eigenvalue weighted by molar-refractivity contribution is 7.09. The smallest absolute Gasteiger partial charge is 0.254 e. The van der Waals surface area contributed by atoms with Crippen molar-refractivity contribution in [3.63, 3.8) is 0 Å². The second-order valence-corrected chi connectivity index (χ2v) is 6.81. The number of nitrogens with one attached hydrogen (secondary N) is 2. The summed E-state index contributed by atoms with van der Waals surface area (Å²) in [7, 11) is 0. The summed E-state index contributed by atoms with van der Waals surface area (Å²) in [5.41, 5.74) is 2.56. The molecule has 1 aromatic heterocycles. The molecule has 2 amide bonds. The van der Waals surface area contributed by atoms with E-state index in [4.69, 9.17) is 0 Å². The van der Waals surface area contributed by atoms with Gasteiger partial charge in [0.1, 0.15) is 5.82 Å². The van der Waals surface area contributed by atoms with Gasteiger partial charge in [0.2, 0.25) is 5.91 Å². The van der Waals surface area contributed by atoms with E-state index in [1.54, 1.807) is 12.1 Å². The molecule has 0 saturated heterocycles. The number of carbonyl (C=O) groups excluding carboxylic acids is 2. The molecule has 2 N–H and O–H groups in total. The Morgan fingerprint density at radius 1 is 1.11 bits per heavy atom. The molecule has 3 rings (SSSR count). The Labute approximate surface area is 160 Å². The lowest BCUT2D eigenvalue weighted by Gasteiger charge is -2.05. The molecule has 0 spiro atoms. The van der Waals surface area contributed by atoms with Crippen molar-refractivity contribution in [3.05, 3.63) is 70.3 Å². The lowest BCUT2D eigenvalue weighted by atomic mass is 10.1. The number of hydrogen-bond acceptors (Lipinski definition) is 4. The molecule has 0 aliphatic heterocycles. The molecule has 0 unspecified atom stereocenters. The molecule has 0 radical (unpaired) electrons. The van der Waals surface area contributed by atoms with Crippen LogP contribution < -0.4 is 10.6 Å². The maximum absolute atomic E-state index is 13.6. The number of nitrogens with zero attached hydrogens (tertiary/aromatic N) is 1. The van der Waals surface area contributed by atoms with Gasteiger partial charge >= 0.3 is 0 Å². The zero-order valence-electron chi connectivity index (χ0n) is 14.7. The summed E-state index contributed by atoms with van der Waals surface area (Å²) < 4.78 is 13.6. The Kier molecular flexibility index (Phi) is 5.93. The summed E-state index contributed by atoms with van der Waals surface area (Å²) in [4.78, 5) is 27.6. The van der Waals surface area contributed by atoms with Gasteiger partial charge in [-0.05, 0) is 24.3 Å². The van der Waals surface area contributed by atoms with Crippen molar-refractivity contribution in [2.75, 3.05) is 11.9 Å². The minimum Gasteiger partial charge on any atom is -0.352 e. The first-order chi connectivity index (χ1) is 13.0. The zero-order valence-corrected chi connectivity index (χ0v) is 15.5. The van der Waals surface area contributed by atoms with E-state index in [2.05, 4.69) is 15.6 Å². The first kappa shape index (κ1) is 18.7. The van der Waals surface area contributed by atoms with Crippen LogP contribution in [0.1, 0.15) is 22.3 Å². The lowest BCUT2D eigenvalue weighted by molar-refractivity contribution is -0.114. The average molecular weight is 383 g/mol.